The second kappa shape index (κ2) is 5.66. The largest absolute Gasteiger partial charge is 0.464 e. The van der Waals surface area contributed by atoms with Gasteiger partial charge in [0.2, 0.25) is 0 Å². The van der Waals surface area contributed by atoms with Gasteiger partial charge in [-0.2, -0.15) is 0 Å². The Labute approximate surface area is 138 Å². The molecule has 0 unspecified atom stereocenters. The molecule has 0 spiro atoms. The lowest BCUT2D eigenvalue weighted by molar-refractivity contribution is 0.205. The standard InChI is InChI=1S/C20H14N2O2/c23-20(24)22(15-8-2-1-3-9-15)19-12-6-11-18-16(19)13-14-7-4-5-10-17(14)21-18/h1-13H,(H,23,24). The van der Waals surface area contributed by atoms with Gasteiger partial charge in [0.25, 0.3) is 0 Å². The summed E-state index contributed by atoms with van der Waals surface area (Å²) < 4.78 is 0. The summed E-state index contributed by atoms with van der Waals surface area (Å²) in [6.07, 6.45) is -1.03. The third-order valence-electron chi connectivity index (χ3n) is 3.98. The van der Waals surface area contributed by atoms with Gasteiger partial charge in [0, 0.05) is 10.8 Å². The topological polar surface area (TPSA) is 53.4 Å². The zero-order valence-electron chi connectivity index (χ0n) is 12.8. The number of rotatable bonds is 2. The first-order valence-electron chi connectivity index (χ1n) is 7.61. The summed E-state index contributed by atoms with van der Waals surface area (Å²) in [5.74, 6) is 0. The molecular formula is C20H14N2O2. The van der Waals surface area contributed by atoms with E-state index in [1.807, 2.05) is 60.7 Å². The number of nitrogens with zero attached hydrogens (tertiary/aromatic N) is 2. The zero-order valence-corrected chi connectivity index (χ0v) is 12.8. The summed E-state index contributed by atoms with van der Waals surface area (Å²) in [6, 6.07) is 24.4. The minimum absolute atomic E-state index is 0.601. The van der Waals surface area contributed by atoms with Crippen LogP contribution in [0.3, 0.4) is 0 Å². The van der Waals surface area contributed by atoms with Gasteiger partial charge in [0.1, 0.15) is 0 Å². The molecule has 1 heterocycles. The number of pyridine rings is 1. The van der Waals surface area contributed by atoms with E-state index in [1.165, 1.54) is 4.90 Å². The number of amides is 1. The molecule has 0 bridgehead atoms. The highest BCUT2D eigenvalue weighted by molar-refractivity contribution is 6.07. The molecule has 3 aromatic carbocycles. The predicted octanol–water partition coefficient (Wildman–Crippen LogP) is 5.20. The minimum atomic E-state index is -1.03. The van der Waals surface area contributed by atoms with Crippen molar-refractivity contribution in [1.29, 1.82) is 0 Å². The van der Waals surface area contributed by atoms with E-state index in [9.17, 15) is 9.90 Å². The summed E-state index contributed by atoms with van der Waals surface area (Å²) in [5.41, 5.74) is 2.87. The average Bonchev–Trinajstić information content (AvgIpc) is 2.61. The average molecular weight is 314 g/mol. The lowest BCUT2D eigenvalue weighted by Crippen LogP contribution is -2.23. The first-order chi connectivity index (χ1) is 11.7. The number of hydrogen-bond donors (Lipinski definition) is 1. The molecule has 1 amide bonds. The normalized spacial score (nSPS) is 10.8. The molecular weight excluding hydrogens is 300 g/mol. The Balaban J connectivity index is 2.01. The summed E-state index contributed by atoms with van der Waals surface area (Å²) in [5, 5.41) is 11.5. The van der Waals surface area contributed by atoms with E-state index in [-0.39, 0.29) is 0 Å². The molecule has 0 aliphatic carbocycles. The fourth-order valence-electron chi connectivity index (χ4n) is 2.91. The van der Waals surface area contributed by atoms with E-state index in [4.69, 9.17) is 0 Å². The predicted molar refractivity (Wildman–Crippen MR) is 95.9 cm³/mol. The maximum Gasteiger partial charge on any atom is 0.416 e. The van der Waals surface area contributed by atoms with E-state index < -0.39 is 6.09 Å². The number of benzene rings is 3. The van der Waals surface area contributed by atoms with Gasteiger partial charge in [0.15, 0.2) is 0 Å². The van der Waals surface area contributed by atoms with Crippen molar-refractivity contribution in [1.82, 2.24) is 4.98 Å². The molecule has 4 aromatic rings. The van der Waals surface area contributed by atoms with Gasteiger partial charge >= 0.3 is 6.09 Å². The van der Waals surface area contributed by atoms with Crippen molar-refractivity contribution in [3.8, 4) is 0 Å². The van der Waals surface area contributed by atoms with Crippen LogP contribution in [0.5, 0.6) is 0 Å². The highest BCUT2D eigenvalue weighted by Crippen LogP contribution is 2.33. The van der Waals surface area contributed by atoms with Crippen LogP contribution < -0.4 is 4.90 Å². The summed E-state index contributed by atoms with van der Waals surface area (Å²) >= 11 is 0. The molecule has 0 aliphatic heterocycles. The van der Waals surface area contributed by atoms with Crippen molar-refractivity contribution in [2.75, 3.05) is 4.90 Å². The van der Waals surface area contributed by atoms with Crippen molar-refractivity contribution in [2.45, 2.75) is 0 Å². The molecule has 1 aromatic heterocycles. The number of carboxylic acid groups (broad SMARTS) is 1. The second-order valence-electron chi connectivity index (χ2n) is 5.48. The fraction of sp³-hybridized carbons (Fsp3) is 0. The van der Waals surface area contributed by atoms with E-state index in [2.05, 4.69) is 4.98 Å². The Morgan fingerprint density at radius 2 is 1.54 bits per heavy atom. The van der Waals surface area contributed by atoms with Crippen LogP contribution in [0.4, 0.5) is 16.2 Å². The van der Waals surface area contributed by atoms with Crippen LogP contribution in [0.2, 0.25) is 0 Å². The van der Waals surface area contributed by atoms with Crippen LogP contribution in [0, 0.1) is 0 Å². The van der Waals surface area contributed by atoms with Crippen molar-refractivity contribution < 1.29 is 9.90 Å². The second-order valence-corrected chi connectivity index (χ2v) is 5.48. The number of carbonyl (C=O) groups is 1. The smallest absolute Gasteiger partial charge is 0.416 e. The molecule has 4 nitrogen and oxygen atoms in total. The van der Waals surface area contributed by atoms with Crippen molar-refractivity contribution in [2.24, 2.45) is 0 Å². The molecule has 0 radical (unpaired) electrons. The number of fused-ring (bicyclic) bond motifs is 2. The van der Waals surface area contributed by atoms with E-state index >= 15 is 0 Å². The van der Waals surface area contributed by atoms with Gasteiger partial charge in [-0.25, -0.2) is 14.7 Å². The SMILES string of the molecule is O=C(O)N(c1ccccc1)c1cccc2nc3ccccc3cc12. The zero-order chi connectivity index (χ0) is 16.5. The van der Waals surface area contributed by atoms with E-state index in [0.717, 1.165) is 21.8 Å². The van der Waals surface area contributed by atoms with Gasteiger partial charge < -0.3 is 5.11 Å². The lowest BCUT2D eigenvalue weighted by atomic mass is 10.1. The Bertz CT molecular complexity index is 1050. The molecule has 0 fully saturated rings. The number of aromatic nitrogens is 1. The van der Waals surface area contributed by atoms with Gasteiger partial charge in [-0.1, -0.05) is 42.5 Å². The van der Waals surface area contributed by atoms with Crippen LogP contribution in [0.25, 0.3) is 21.8 Å². The number of anilines is 2. The van der Waals surface area contributed by atoms with Gasteiger partial charge in [-0.3, -0.25) is 0 Å². The Morgan fingerprint density at radius 1 is 0.833 bits per heavy atom. The highest BCUT2D eigenvalue weighted by atomic mass is 16.4. The molecule has 0 atom stereocenters. The first kappa shape index (κ1) is 14.2. The molecule has 1 N–H and O–H groups in total. The maximum atomic E-state index is 11.9. The molecule has 0 saturated carbocycles. The van der Waals surface area contributed by atoms with E-state index in [1.54, 1.807) is 18.2 Å². The molecule has 4 rings (SSSR count). The van der Waals surface area contributed by atoms with Crippen molar-refractivity contribution in [3.05, 3.63) is 78.9 Å². The van der Waals surface area contributed by atoms with Gasteiger partial charge in [-0.05, 0) is 36.4 Å². The molecule has 0 aliphatic rings. The number of para-hydroxylation sites is 2. The Hall–Kier alpha value is -3.40. The summed E-state index contributed by atoms with van der Waals surface area (Å²) in [7, 11) is 0. The minimum Gasteiger partial charge on any atom is -0.464 e. The summed E-state index contributed by atoms with van der Waals surface area (Å²) in [4.78, 5) is 17.9. The van der Waals surface area contributed by atoms with Gasteiger partial charge in [-0.15, -0.1) is 0 Å². The summed E-state index contributed by atoms with van der Waals surface area (Å²) in [6.45, 7) is 0. The number of hydrogen-bond acceptors (Lipinski definition) is 2. The monoisotopic (exact) mass is 314 g/mol. The molecule has 24 heavy (non-hydrogen) atoms. The van der Waals surface area contributed by atoms with Gasteiger partial charge in [0.05, 0.1) is 22.4 Å². The molecule has 4 heteroatoms. The van der Waals surface area contributed by atoms with Crippen LogP contribution in [0.15, 0.2) is 78.9 Å². The van der Waals surface area contributed by atoms with Crippen molar-refractivity contribution >= 4 is 39.3 Å². The first-order valence-corrected chi connectivity index (χ1v) is 7.61. The van der Waals surface area contributed by atoms with Crippen LogP contribution in [0.1, 0.15) is 0 Å². The Kier molecular flexibility index (Phi) is 3.35. The highest BCUT2D eigenvalue weighted by Gasteiger charge is 2.19. The Morgan fingerprint density at radius 3 is 2.33 bits per heavy atom. The van der Waals surface area contributed by atoms with Crippen molar-refractivity contribution in [3.63, 3.8) is 0 Å². The maximum absolute atomic E-state index is 11.9. The third-order valence-corrected chi connectivity index (χ3v) is 3.98. The van der Waals surface area contributed by atoms with Crippen LogP contribution in [-0.2, 0) is 0 Å². The molecule has 116 valence electrons. The lowest BCUT2D eigenvalue weighted by Gasteiger charge is -2.21. The fourth-order valence-corrected chi connectivity index (χ4v) is 2.91. The molecule has 0 saturated heterocycles. The quantitative estimate of drug-likeness (QED) is 0.517. The van der Waals surface area contributed by atoms with Crippen LogP contribution >= 0.6 is 0 Å². The third kappa shape index (κ3) is 2.34. The van der Waals surface area contributed by atoms with E-state index in [0.29, 0.717) is 11.4 Å². The van der Waals surface area contributed by atoms with Crippen LogP contribution in [-0.4, -0.2) is 16.2 Å².